The van der Waals surface area contributed by atoms with E-state index in [9.17, 15) is 0 Å². The van der Waals surface area contributed by atoms with Crippen LogP contribution in [0.15, 0.2) is 17.0 Å². The molecule has 2 nitrogen and oxygen atoms in total. The summed E-state index contributed by atoms with van der Waals surface area (Å²) in [5, 5.41) is 0. The molecule has 0 N–H and O–H groups in total. The SMILES string of the molecule is CCCCCCC(C)(CC)c1cnco1. The molecular formula is C13H23NO. The lowest BCUT2D eigenvalue weighted by molar-refractivity contribution is 0.317. The lowest BCUT2D eigenvalue weighted by Crippen LogP contribution is -2.19. The van der Waals surface area contributed by atoms with Crippen LogP contribution in [0.4, 0.5) is 0 Å². The Morgan fingerprint density at radius 1 is 1.27 bits per heavy atom. The highest BCUT2D eigenvalue weighted by Crippen LogP contribution is 2.32. The topological polar surface area (TPSA) is 26.0 Å². The number of hydrogen-bond acceptors (Lipinski definition) is 2. The maximum atomic E-state index is 5.44. The maximum Gasteiger partial charge on any atom is 0.180 e. The van der Waals surface area contributed by atoms with Crippen LogP contribution in [0.5, 0.6) is 0 Å². The van der Waals surface area contributed by atoms with E-state index in [0.29, 0.717) is 0 Å². The fourth-order valence-electron chi connectivity index (χ4n) is 1.93. The van der Waals surface area contributed by atoms with Crippen molar-refractivity contribution < 1.29 is 4.42 Å². The molecule has 0 aliphatic rings. The van der Waals surface area contributed by atoms with Crippen molar-refractivity contribution >= 4 is 0 Å². The van der Waals surface area contributed by atoms with E-state index in [1.165, 1.54) is 38.5 Å². The van der Waals surface area contributed by atoms with Gasteiger partial charge in [-0.1, -0.05) is 46.5 Å². The molecule has 0 aromatic carbocycles. The highest BCUT2D eigenvalue weighted by molar-refractivity contribution is 5.07. The summed E-state index contributed by atoms with van der Waals surface area (Å²) in [5.74, 6) is 1.04. The molecule has 0 aliphatic carbocycles. The van der Waals surface area contributed by atoms with Gasteiger partial charge in [0.15, 0.2) is 6.39 Å². The molecule has 2 heteroatoms. The first-order valence-electron chi connectivity index (χ1n) is 6.12. The van der Waals surface area contributed by atoms with Crippen LogP contribution in [-0.2, 0) is 5.41 Å². The molecule has 1 unspecified atom stereocenters. The Morgan fingerprint density at radius 2 is 2.07 bits per heavy atom. The van der Waals surface area contributed by atoms with Gasteiger partial charge in [0, 0.05) is 5.41 Å². The van der Waals surface area contributed by atoms with Crippen molar-refractivity contribution in [3.8, 4) is 0 Å². The second kappa shape index (κ2) is 5.94. The van der Waals surface area contributed by atoms with Gasteiger partial charge in [-0.2, -0.15) is 0 Å². The summed E-state index contributed by atoms with van der Waals surface area (Å²) in [5.41, 5.74) is 0.185. The molecule has 1 aromatic heterocycles. The average Bonchev–Trinajstić information content (AvgIpc) is 2.78. The first-order chi connectivity index (χ1) is 7.23. The molecule has 0 saturated carbocycles. The highest BCUT2D eigenvalue weighted by atomic mass is 16.3. The van der Waals surface area contributed by atoms with Crippen molar-refractivity contribution in [2.24, 2.45) is 0 Å². The lowest BCUT2D eigenvalue weighted by atomic mass is 9.80. The Kier molecular flexibility index (Phi) is 4.86. The quantitative estimate of drug-likeness (QED) is 0.625. The van der Waals surface area contributed by atoms with Crippen LogP contribution in [-0.4, -0.2) is 4.98 Å². The van der Waals surface area contributed by atoms with Crippen LogP contribution < -0.4 is 0 Å². The first-order valence-corrected chi connectivity index (χ1v) is 6.12. The zero-order valence-corrected chi connectivity index (χ0v) is 10.3. The van der Waals surface area contributed by atoms with Crippen molar-refractivity contribution in [3.63, 3.8) is 0 Å². The van der Waals surface area contributed by atoms with Gasteiger partial charge in [-0.25, -0.2) is 4.98 Å². The smallest absolute Gasteiger partial charge is 0.180 e. The molecule has 0 aliphatic heterocycles. The van der Waals surface area contributed by atoms with Crippen molar-refractivity contribution in [1.82, 2.24) is 4.98 Å². The number of rotatable bonds is 7. The number of oxazole rings is 1. The molecule has 1 rings (SSSR count). The molecule has 0 radical (unpaired) electrons. The third-order valence-electron chi connectivity index (χ3n) is 3.39. The van der Waals surface area contributed by atoms with Gasteiger partial charge in [0.2, 0.25) is 0 Å². The van der Waals surface area contributed by atoms with Crippen molar-refractivity contribution in [2.45, 2.75) is 64.7 Å². The summed E-state index contributed by atoms with van der Waals surface area (Å²) in [7, 11) is 0. The average molecular weight is 209 g/mol. The fraction of sp³-hybridized carbons (Fsp3) is 0.769. The van der Waals surface area contributed by atoms with E-state index >= 15 is 0 Å². The van der Waals surface area contributed by atoms with Gasteiger partial charge in [0.25, 0.3) is 0 Å². The van der Waals surface area contributed by atoms with Gasteiger partial charge in [0.1, 0.15) is 5.76 Å². The second-order valence-corrected chi connectivity index (χ2v) is 4.59. The Labute approximate surface area is 93.1 Å². The van der Waals surface area contributed by atoms with E-state index in [4.69, 9.17) is 4.42 Å². The summed E-state index contributed by atoms with van der Waals surface area (Å²) in [6.45, 7) is 6.75. The predicted molar refractivity (Wildman–Crippen MR) is 62.9 cm³/mol. The van der Waals surface area contributed by atoms with Gasteiger partial charge in [-0.3, -0.25) is 0 Å². The van der Waals surface area contributed by atoms with Gasteiger partial charge >= 0.3 is 0 Å². The zero-order chi connectivity index (χ0) is 11.1. The summed E-state index contributed by atoms with van der Waals surface area (Å²) < 4.78 is 5.44. The lowest BCUT2D eigenvalue weighted by Gasteiger charge is -2.25. The molecular weight excluding hydrogens is 186 g/mol. The molecule has 0 fully saturated rings. The Morgan fingerprint density at radius 3 is 2.60 bits per heavy atom. The molecule has 0 amide bonds. The van der Waals surface area contributed by atoms with E-state index in [1.807, 2.05) is 6.20 Å². The largest absolute Gasteiger partial charge is 0.448 e. The molecule has 15 heavy (non-hydrogen) atoms. The predicted octanol–water partition coefficient (Wildman–Crippen LogP) is 4.31. The van der Waals surface area contributed by atoms with E-state index in [-0.39, 0.29) is 5.41 Å². The Bertz CT molecular complexity index is 256. The highest BCUT2D eigenvalue weighted by Gasteiger charge is 2.27. The minimum atomic E-state index is 0.185. The first kappa shape index (κ1) is 12.3. The van der Waals surface area contributed by atoms with Crippen molar-refractivity contribution in [2.75, 3.05) is 0 Å². The third-order valence-corrected chi connectivity index (χ3v) is 3.39. The van der Waals surface area contributed by atoms with Gasteiger partial charge < -0.3 is 4.42 Å². The molecule has 1 atom stereocenters. The minimum absolute atomic E-state index is 0.185. The summed E-state index contributed by atoms with van der Waals surface area (Å²) in [6, 6.07) is 0. The fourth-order valence-corrected chi connectivity index (χ4v) is 1.93. The molecule has 0 spiro atoms. The zero-order valence-electron chi connectivity index (χ0n) is 10.3. The summed E-state index contributed by atoms with van der Waals surface area (Å²) >= 11 is 0. The van der Waals surface area contributed by atoms with E-state index < -0.39 is 0 Å². The summed E-state index contributed by atoms with van der Waals surface area (Å²) in [6.07, 6.45) is 11.0. The van der Waals surface area contributed by atoms with Crippen LogP contribution in [0, 0.1) is 0 Å². The van der Waals surface area contributed by atoms with Crippen molar-refractivity contribution in [1.29, 1.82) is 0 Å². The Hall–Kier alpha value is -0.790. The Balaban J connectivity index is 2.46. The normalized spacial score (nSPS) is 15.1. The van der Waals surface area contributed by atoms with Gasteiger partial charge in [0.05, 0.1) is 6.20 Å². The van der Waals surface area contributed by atoms with Gasteiger partial charge in [-0.15, -0.1) is 0 Å². The van der Waals surface area contributed by atoms with E-state index in [2.05, 4.69) is 25.8 Å². The molecule has 86 valence electrons. The number of hydrogen-bond donors (Lipinski definition) is 0. The maximum absolute atomic E-state index is 5.44. The third kappa shape index (κ3) is 3.37. The van der Waals surface area contributed by atoms with Crippen LogP contribution in [0.25, 0.3) is 0 Å². The van der Waals surface area contributed by atoms with Crippen LogP contribution in [0.3, 0.4) is 0 Å². The number of unbranched alkanes of at least 4 members (excludes halogenated alkanes) is 3. The number of nitrogens with zero attached hydrogens (tertiary/aromatic N) is 1. The van der Waals surface area contributed by atoms with Crippen LogP contribution >= 0.6 is 0 Å². The van der Waals surface area contributed by atoms with Crippen LogP contribution in [0.1, 0.15) is 65.1 Å². The minimum Gasteiger partial charge on any atom is -0.448 e. The van der Waals surface area contributed by atoms with Crippen molar-refractivity contribution in [3.05, 3.63) is 18.4 Å². The monoisotopic (exact) mass is 209 g/mol. The molecule has 0 bridgehead atoms. The molecule has 0 saturated heterocycles. The number of aromatic nitrogens is 1. The second-order valence-electron chi connectivity index (χ2n) is 4.59. The van der Waals surface area contributed by atoms with E-state index in [1.54, 1.807) is 0 Å². The van der Waals surface area contributed by atoms with Crippen LogP contribution in [0.2, 0.25) is 0 Å². The molecule has 1 aromatic rings. The standard InChI is InChI=1S/C13H23NO/c1-4-6-7-8-9-13(3,5-2)12-10-14-11-15-12/h10-11H,4-9H2,1-3H3. The van der Waals surface area contributed by atoms with Gasteiger partial charge in [-0.05, 0) is 12.8 Å². The molecule has 1 heterocycles. The van der Waals surface area contributed by atoms with E-state index in [0.717, 1.165) is 12.2 Å². The summed E-state index contributed by atoms with van der Waals surface area (Å²) in [4.78, 5) is 4.01.